The van der Waals surface area contributed by atoms with E-state index in [0.717, 1.165) is 0 Å². The van der Waals surface area contributed by atoms with E-state index in [0.29, 0.717) is 42.8 Å². The van der Waals surface area contributed by atoms with Crippen molar-refractivity contribution in [2.45, 2.75) is 26.5 Å². The molecule has 0 bridgehead atoms. The third-order valence-corrected chi connectivity index (χ3v) is 4.58. The first-order chi connectivity index (χ1) is 16.4. The highest BCUT2D eigenvalue weighted by atomic mass is 19.1. The lowest BCUT2D eigenvalue weighted by atomic mass is 10.2. The number of halogens is 1. The van der Waals surface area contributed by atoms with E-state index in [1.165, 1.54) is 25.3 Å². The Morgan fingerprint density at radius 3 is 2.68 bits per heavy atom. The summed E-state index contributed by atoms with van der Waals surface area (Å²) in [6.07, 6.45) is -0.0799. The van der Waals surface area contributed by atoms with Crippen molar-refractivity contribution in [3.63, 3.8) is 0 Å². The topological polar surface area (TPSA) is 142 Å². The van der Waals surface area contributed by atoms with Gasteiger partial charge in [-0.1, -0.05) is 11.2 Å². The van der Waals surface area contributed by atoms with Gasteiger partial charge >= 0.3 is 0 Å². The van der Waals surface area contributed by atoms with Crippen LogP contribution in [-0.4, -0.2) is 70.8 Å². The first-order valence-corrected chi connectivity index (χ1v) is 10.5. The van der Waals surface area contributed by atoms with Crippen molar-refractivity contribution in [1.29, 1.82) is 0 Å². The zero-order valence-electron chi connectivity index (χ0n) is 19.1. The molecule has 0 radical (unpaired) electrons. The van der Waals surface area contributed by atoms with E-state index in [2.05, 4.69) is 25.4 Å². The monoisotopic (exact) mass is 475 g/mol. The Bertz CT molecular complexity index is 1100. The Morgan fingerprint density at radius 1 is 1.24 bits per heavy atom. The van der Waals surface area contributed by atoms with E-state index in [4.69, 9.17) is 23.8 Å². The molecule has 0 spiro atoms. The number of amides is 1. The average Bonchev–Trinajstić information content (AvgIpc) is 3.30. The molecule has 1 saturated heterocycles. The molecule has 12 heteroatoms. The number of aliphatic hydroxyl groups is 1. The Morgan fingerprint density at radius 2 is 2.06 bits per heavy atom. The highest BCUT2D eigenvalue weighted by molar-refractivity contribution is 5.93. The lowest BCUT2D eigenvalue weighted by Crippen LogP contribution is -2.31. The highest BCUT2D eigenvalue weighted by Gasteiger charge is 2.15. The largest absolute Gasteiger partial charge is 0.494 e. The second-order valence-electron chi connectivity index (χ2n) is 7.22. The molecule has 3 heterocycles. The smallest absolute Gasteiger partial charge is 0.270 e. The minimum Gasteiger partial charge on any atom is -0.494 e. The molecule has 34 heavy (non-hydrogen) atoms. The number of nitrogens with one attached hydrogen (secondary N) is 1. The number of aryl methyl sites for hydroxylation is 2. The number of nitrogens with zero attached hydrogens (tertiary/aromatic N) is 4. The summed E-state index contributed by atoms with van der Waals surface area (Å²) in [7, 11) is 1.38. The molecular formula is C22H26FN5O6. The lowest BCUT2D eigenvalue weighted by Gasteiger charge is -2.20. The molecule has 3 aromatic rings. The number of hydrogen-bond acceptors (Lipinski definition) is 10. The zero-order valence-corrected chi connectivity index (χ0v) is 19.1. The van der Waals surface area contributed by atoms with Crippen LogP contribution in [0.5, 0.6) is 5.75 Å². The van der Waals surface area contributed by atoms with Crippen molar-refractivity contribution in [3.05, 3.63) is 53.1 Å². The zero-order chi connectivity index (χ0) is 24.5. The van der Waals surface area contributed by atoms with Gasteiger partial charge in [0, 0.05) is 13.5 Å². The van der Waals surface area contributed by atoms with Gasteiger partial charge in [-0.15, -0.1) is 0 Å². The summed E-state index contributed by atoms with van der Waals surface area (Å²) >= 11 is 0. The van der Waals surface area contributed by atoms with Crippen LogP contribution in [0.15, 0.2) is 28.8 Å². The first-order valence-electron chi connectivity index (χ1n) is 10.5. The van der Waals surface area contributed by atoms with E-state index in [1.807, 2.05) is 0 Å². The summed E-state index contributed by atoms with van der Waals surface area (Å²) in [4.78, 5) is 24.9. The summed E-state index contributed by atoms with van der Waals surface area (Å²) < 4.78 is 33.3. The van der Waals surface area contributed by atoms with Crippen molar-refractivity contribution >= 4 is 5.91 Å². The fraction of sp³-hybridized carbons (Fsp3) is 0.409. The van der Waals surface area contributed by atoms with Crippen molar-refractivity contribution in [1.82, 2.24) is 25.4 Å². The summed E-state index contributed by atoms with van der Waals surface area (Å²) in [5, 5.41) is 15.0. The second-order valence-corrected chi connectivity index (χ2v) is 7.22. The predicted octanol–water partition coefficient (Wildman–Crippen LogP) is 1.62. The SMILES string of the molecule is COc1cc(CNC(=O)c2cc(-c3noc(C)n3)nc(C)n2)ccc1F.OCC1COCCO1. The molecule has 1 aliphatic rings. The van der Waals surface area contributed by atoms with Gasteiger partial charge in [0.2, 0.25) is 11.7 Å². The second kappa shape index (κ2) is 12.1. The third-order valence-electron chi connectivity index (χ3n) is 4.58. The summed E-state index contributed by atoms with van der Waals surface area (Å²) in [6, 6.07) is 5.86. The van der Waals surface area contributed by atoms with Crippen LogP contribution in [0.2, 0.25) is 0 Å². The van der Waals surface area contributed by atoms with Crippen LogP contribution in [0.1, 0.15) is 27.8 Å². The van der Waals surface area contributed by atoms with Crippen molar-refractivity contribution in [2.24, 2.45) is 0 Å². The molecule has 4 rings (SSSR count). The number of aromatic nitrogens is 4. The standard InChI is InChI=1S/C17H16FN5O3.C5H10O3/c1-9-20-13(16-22-10(2)26-23-16)7-14(21-9)17(24)19-8-11-4-5-12(18)15(6-11)25-3;6-3-5-4-7-1-2-8-5/h4-7H,8H2,1-3H3,(H,19,24);5-6H,1-4H2. The van der Waals surface area contributed by atoms with Crippen molar-refractivity contribution in [3.8, 4) is 17.3 Å². The van der Waals surface area contributed by atoms with Crippen molar-refractivity contribution in [2.75, 3.05) is 33.5 Å². The van der Waals surface area contributed by atoms with Gasteiger partial charge in [-0.2, -0.15) is 4.98 Å². The van der Waals surface area contributed by atoms with Crippen LogP contribution in [0.25, 0.3) is 11.5 Å². The summed E-state index contributed by atoms with van der Waals surface area (Å²) in [5.74, 6) is 0.329. The van der Waals surface area contributed by atoms with Crippen molar-refractivity contribution < 1.29 is 33.0 Å². The molecule has 1 amide bonds. The van der Waals surface area contributed by atoms with E-state index in [1.54, 1.807) is 19.9 Å². The van der Waals surface area contributed by atoms with Crippen LogP contribution in [0, 0.1) is 19.7 Å². The number of carbonyl (C=O) groups excluding carboxylic acids is 1. The fourth-order valence-electron chi connectivity index (χ4n) is 2.93. The Balaban J connectivity index is 0.000000343. The fourth-order valence-corrected chi connectivity index (χ4v) is 2.93. The molecule has 1 aromatic carbocycles. The maximum atomic E-state index is 13.4. The molecule has 1 aliphatic heterocycles. The maximum absolute atomic E-state index is 13.4. The van der Waals surface area contributed by atoms with Gasteiger partial charge < -0.3 is 29.2 Å². The maximum Gasteiger partial charge on any atom is 0.270 e. The first kappa shape index (κ1) is 25.1. The van der Waals surface area contributed by atoms with Gasteiger partial charge in [0.25, 0.3) is 5.91 Å². The number of carbonyl (C=O) groups is 1. The molecule has 0 aliphatic carbocycles. The number of methoxy groups -OCH3 is 1. The van der Waals surface area contributed by atoms with Gasteiger partial charge in [-0.05, 0) is 30.7 Å². The van der Waals surface area contributed by atoms with Gasteiger partial charge in [0.05, 0.1) is 33.5 Å². The van der Waals surface area contributed by atoms with E-state index in [-0.39, 0.29) is 36.5 Å². The molecular weight excluding hydrogens is 449 g/mol. The van der Waals surface area contributed by atoms with Crippen LogP contribution >= 0.6 is 0 Å². The quantitative estimate of drug-likeness (QED) is 0.540. The highest BCUT2D eigenvalue weighted by Crippen LogP contribution is 2.18. The minimum atomic E-state index is -0.464. The third kappa shape index (κ3) is 7.01. The lowest BCUT2D eigenvalue weighted by molar-refractivity contribution is -0.105. The summed E-state index contributed by atoms with van der Waals surface area (Å²) in [5.41, 5.74) is 1.25. The number of ether oxygens (including phenoxy) is 3. The molecule has 11 nitrogen and oxygen atoms in total. The van der Waals surface area contributed by atoms with Crippen LogP contribution in [-0.2, 0) is 16.0 Å². The van der Waals surface area contributed by atoms with Crippen LogP contribution in [0.3, 0.4) is 0 Å². The number of benzene rings is 1. The van der Waals surface area contributed by atoms with Gasteiger partial charge in [0.15, 0.2) is 11.6 Å². The van der Waals surface area contributed by atoms with Gasteiger partial charge in [-0.3, -0.25) is 4.79 Å². The molecule has 1 atom stereocenters. The normalized spacial score (nSPS) is 15.3. The number of rotatable bonds is 6. The molecule has 2 aromatic heterocycles. The van der Waals surface area contributed by atoms with Gasteiger partial charge in [0.1, 0.15) is 23.3 Å². The number of hydrogen-bond donors (Lipinski definition) is 2. The predicted molar refractivity (Wildman–Crippen MR) is 117 cm³/mol. The molecule has 182 valence electrons. The molecule has 0 saturated carbocycles. The summed E-state index contributed by atoms with van der Waals surface area (Å²) in [6.45, 7) is 5.40. The van der Waals surface area contributed by atoms with Crippen LogP contribution in [0.4, 0.5) is 4.39 Å². The van der Waals surface area contributed by atoms with E-state index >= 15 is 0 Å². The Hall–Kier alpha value is -3.48. The number of aliphatic hydroxyl groups excluding tert-OH is 1. The van der Waals surface area contributed by atoms with E-state index in [9.17, 15) is 9.18 Å². The minimum absolute atomic E-state index is 0.0694. The molecule has 2 N–H and O–H groups in total. The molecule has 1 unspecified atom stereocenters. The van der Waals surface area contributed by atoms with Gasteiger partial charge in [-0.25, -0.2) is 14.4 Å². The Labute approximate surface area is 195 Å². The van der Waals surface area contributed by atoms with Crippen LogP contribution < -0.4 is 10.1 Å². The Kier molecular flexibility index (Phi) is 8.96. The average molecular weight is 475 g/mol. The molecule has 1 fully saturated rings. The van der Waals surface area contributed by atoms with E-state index < -0.39 is 11.7 Å².